The summed E-state index contributed by atoms with van der Waals surface area (Å²) >= 11 is 0. The lowest BCUT2D eigenvalue weighted by Gasteiger charge is -2.41. The zero-order valence-corrected chi connectivity index (χ0v) is 12.3. The largest absolute Gasteiger partial charge is 0.300 e. The molecule has 0 aromatic carbocycles. The summed E-state index contributed by atoms with van der Waals surface area (Å²) in [6.07, 6.45) is 10.1. The number of piperidine rings is 1. The normalized spacial score (nSPS) is 42.0. The lowest BCUT2D eigenvalue weighted by atomic mass is 9.95. The van der Waals surface area contributed by atoms with Crippen molar-refractivity contribution in [2.45, 2.75) is 63.1 Å². The Morgan fingerprint density at radius 1 is 0.526 bits per heavy atom. The first kappa shape index (κ1) is 12.6. The van der Waals surface area contributed by atoms with Crippen molar-refractivity contribution in [2.75, 3.05) is 39.3 Å². The van der Waals surface area contributed by atoms with Crippen LogP contribution in [0.15, 0.2) is 0 Å². The first-order chi connectivity index (χ1) is 9.40. The van der Waals surface area contributed by atoms with Gasteiger partial charge in [-0.1, -0.05) is 0 Å². The monoisotopic (exact) mass is 263 g/mol. The van der Waals surface area contributed by atoms with E-state index >= 15 is 0 Å². The van der Waals surface area contributed by atoms with Gasteiger partial charge in [0.25, 0.3) is 0 Å². The molecule has 0 amide bonds. The Hall–Kier alpha value is -0.120. The SMILES string of the molecule is C1CC2CC(N3CCCN4CCCC4C3)CCN2C1. The molecule has 4 fully saturated rings. The lowest BCUT2D eigenvalue weighted by Crippen LogP contribution is -2.49. The molecule has 4 saturated heterocycles. The van der Waals surface area contributed by atoms with E-state index in [1.807, 2.05) is 0 Å². The van der Waals surface area contributed by atoms with Crippen LogP contribution in [-0.4, -0.2) is 72.1 Å². The van der Waals surface area contributed by atoms with E-state index in [4.69, 9.17) is 0 Å². The van der Waals surface area contributed by atoms with Crippen LogP contribution in [0.25, 0.3) is 0 Å². The number of nitrogens with zero attached hydrogens (tertiary/aromatic N) is 3. The van der Waals surface area contributed by atoms with Crippen LogP contribution in [0.3, 0.4) is 0 Å². The molecule has 0 saturated carbocycles. The maximum absolute atomic E-state index is 2.88. The van der Waals surface area contributed by atoms with Crippen LogP contribution in [0.4, 0.5) is 0 Å². The molecule has 0 aliphatic carbocycles. The molecule has 4 rings (SSSR count). The van der Waals surface area contributed by atoms with Gasteiger partial charge in [-0.2, -0.15) is 0 Å². The third-order valence-electron chi connectivity index (χ3n) is 6.14. The Labute approximate surface area is 117 Å². The predicted molar refractivity (Wildman–Crippen MR) is 78.4 cm³/mol. The summed E-state index contributed by atoms with van der Waals surface area (Å²) in [6.45, 7) is 8.23. The van der Waals surface area contributed by atoms with Gasteiger partial charge in [-0.15, -0.1) is 0 Å². The van der Waals surface area contributed by atoms with E-state index in [9.17, 15) is 0 Å². The van der Waals surface area contributed by atoms with Crippen LogP contribution < -0.4 is 0 Å². The van der Waals surface area contributed by atoms with Gasteiger partial charge in [0.2, 0.25) is 0 Å². The van der Waals surface area contributed by atoms with Gasteiger partial charge in [-0.05, 0) is 77.7 Å². The summed E-state index contributed by atoms with van der Waals surface area (Å²) in [5.41, 5.74) is 0. The molecule has 4 aliphatic heterocycles. The van der Waals surface area contributed by atoms with Crippen molar-refractivity contribution >= 4 is 0 Å². The molecule has 0 spiro atoms. The van der Waals surface area contributed by atoms with Crippen LogP contribution in [0.1, 0.15) is 44.9 Å². The number of fused-ring (bicyclic) bond motifs is 2. The first-order valence-corrected chi connectivity index (χ1v) is 8.62. The molecule has 0 bridgehead atoms. The van der Waals surface area contributed by atoms with E-state index in [1.54, 1.807) is 0 Å². The van der Waals surface area contributed by atoms with Crippen molar-refractivity contribution in [1.82, 2.24) is 14.7 Å². The smallest absolute Gasteiger partial charge is 0.0223 e. The van der Waals surface area contributed by atoms with E-state index in [0.29, 0.717) is 0 Å². The Bertz CT molecular complexity index is 319. The van der Waals surface area contributed by atoms with Gasteiger partial charge in [0.05, 0.1) is 0 Å². The van der Waals surface area contributed by atoms with E-state index in [1.165, 1.54) is 84.2 Å². The molecule has 3 atom stereocenters. The minimum Gasteiger partial charge on any atom is -0.300 e. The Balaban J connectivity index is 1.40. The summed E-state index contributed by atoms with van der Waals surface area (Å²) < 4.78 is 0. The number of hydrogen-bond acceptors (Lipinski definition) is 3. The molecule has 0 aromatic rings. The molecule has 0 radical (unpaired) electrons. The second kappa shape index (κ2) is 5.34. The topological polar surface area (TPSA) is 9.72 Å². The molecule has 19 heavy (non-hydrogen) atoms. The summed E-state index contributed by atoms with van der Waals surface area (Å²) in [5.74, 6) is 0. The number of rotatable bonds is 1. The Morgan fingerprint density at radius 2 is 1.16 bits per heavy atom. The highest BCUT2D eigenvalue weighted by atomic mass is 15.3. The zero-order chi connectivity index (χ0) is 12.7. The first-order valence-electron chi connectivity index (χ1n) is 8.62. The lowest BCUT2D eigenvalue weighted by molar-refractivity contribution is 0.0821. The highest BCUT2D eigenvalue weighted by Gasteiger charge is 2.36. The quantitative estimate of drug-likeness (QED) is 0.714. The molecular weight excluding hydrogens is 234 g/mol. The van der Waals surface area contributed by atoms with Crippen LogP contribution in [0, 0.1) is 0 Å². The van der Waals surface area contributed by atoms with Crippen LogP contribution in [-0.2, 0) is 0 Å². The Kier molecular flexibility index (Phi) is 3.55. The maximum Gasteiger partial charge on any atom is 0.0223 e. The molecule has 3 heteroatoms. The van der Waals surface area contributed by atoms with Crippen molar-refractivity contribution in [3.05, 3.63) is 0 Å². The van der Waals surface area contributed by atoms with Crippen molar-refractivity contribution in [2.24, 2.45) is 0 Å². The third-order valence-corrected chi connectivity index (χ3v) is 6.14. The van der Waals surface area contributed by atoms with Gasteiger partial charge < -0.3 is 4.90 Å². The Morgan fingerprint density at radius 3 is 2.05 bits per heavy atom. The summed E-state index contributed by atoms with van der Waals surface area (Å²) in [5, 5.41) is 0. The molecule has 108 valence electrons. The summed E-state index contributed by atoms with van der Waals surface area (Å²) in [6, 6.07) is 2.73. The van der Waals surface area contributed by atoms with Gasteiger partial charge in [0, 0.05) is 24.7 Å². The van der Waals surface area contributed by atoms with Gasteiger partial charge in [-0.25, -0.2) is 0 Å². The second-order valence-corrected chi connectivity index (χ2v) is 7.19. The molecule has 4 aliphatic rings. The number of hydrogen-bond donors (Lipinski definition) is 0. The standard InChI is InChI=1S/C16H29N3/c1-4-14-12-15(6-11-18(14)8-1)19-10-3-9-17-7-2-5-16(17)13-19/h14-16H,1-13H2. The van der Waals surface area contributed by atoms with Crippen molar-refractivity contribution in [3.63, 3.8) is 0 Å². The van der Waals surface area contributed by atoms with Crippen LogP contribution >= 0.6 is 0 Å². The van der Waals surface area contributed by atoms with E-state index in [0.717, 1.165) is 18.1 Å². The fourth-order valence-corrected chi connectivity index (χ4v) is 5.10. The van der Waals surface area contributed by atoms with E-state index in [-0.39, 0.29) is 0 Å². The van der Waals surface area contributed by atoms with Gasteiger partial charge in [-0.3, -0.25) is 9.80 Å². The zero-order valence-electron chi connectivity index (χ0n) is 12.3. The van der Waals surface area contributed by atoms with Crippen LogP contribution in [0.5, 0.6) is 0 Å². The highest BCUT2D eigenvalue weighted by molar-refractivity contribution is 4.93. The molecule has 0 N–H and O–H groups in total. The minimum absolute atomic E-state index is 0.893. The molecule has 0 aromatic heterocycles. The van der Waals surface area contributed by atoms with Crippen molar-refractivity contribution in [3.8, 4) is 0 Å². The fraction of sp³-hybridized carbons (Fsp3) is 1.00. The average Bonchev–Trinajstić information content (AvgIpc) is 3.02. The van der Waals surface area contributed by atoms with Gasteiger partial charge >= 0.3 is 0 Å². The average molecular weight is 263 g/mol. The van der Waals surface area contributed by atoms with E-state index in [2.05, 4.69) is 14.7 Å². The maximum atomic E-state index is 2.88. The molecule has 4 heterocycles. The van der Waals surface area contributed by atoms with Crippen molar-refractivity contribution < 1.29 is 0 Å². The van der Waals surface area contributed by atoms with Gasteiger partial charge in [0.1, 0.15) is 0 Å². The van der Waals surface area contributed by atoms with Crippen LogP contribution in [0.2, 0.25) is 0 Å². The van der Waals surface area contributed by atoms with Gasteiger partial charge in [0.15, 0.2) is 0 Å². The molecule has 3 nitrogen and oxygen atoms in total. The minimum atomic E-state index is 0.893. The highest BCUT2D eigenvalue weighted by Crippen LogP contribution is 2.31. The predicted octanol–water partition coefficient (Wildman–Crippen LogP) is 1.78. The fourth-order valence-electron chi connectivity index (χ4n) is 5.10. The second-order valence-electron chi connectivity index (χ2n) is 7.19. The summed E-state index contributed by atoms with van der Waals surface area (Å²) in [7, 11) is 0. The van der Waals surface area contributed by atoms with Crippen molar-refractivity contribution in [1.29, 1.82) is 0 Å². The summed E-state index contributed by atoms with van der Waals surface area (Å²) in [4.78, 5) is 8.41. The molecule has 3 unspecified atom stereocenters. The van der Waals surface area contributed by atoms with E-state index < -0.39 is 0 Å². The molecular formula is C16H29N3. The third kappa shape index (κ3) is 2.45.